The zero-order valence-electron chi connectivity index (χ0n) is 11.3. The molecule has 1 aromatic heterocycles. The number of allylic oxidation sites excluding steroid dienone is 1. The van der Waals surface area contributed by atoms with Crippen LogP contribution in [0, 0.1) is 5.92 Å². The van der Waals surface area contributed by atoms with Gasteiger partial charge in [-0.2, -0.15) is 4.98 Å². The molecule has 0 aliphatic heterocycles. The lowest BCUT2D eigenvalue weighted by molar-refractivity contribution is 0.399. The first-order chi connectivity index (χ1) is 8.17. The normalized spacial score (nSPS) is 23.1. The summed E-state index contributed by atoms with van der Waals surface area (Å²) in [6, 6.07) is 0.375. The minimum absolute atomic E-state index is 0. The van der Waals surface area contributed by atoms with Crippen molar-refractivity contribution in [1.82, 2.24) is 15.5 Å². The Bertz CT molecular complexity index is 403. The summed E-state index contributed by atoms with van der Waals surface area (Å²) in [5.41, 5.74) is 1.44. The maximum Gasteiger partial charge on any atom is 0.250 e. The van der Waals surface area contributed by atoms with Crippen LogP contribution < -0.4 is 5.32 Å². The molecule has 1 saturated carbocycles. The van der Waals surface area contributed by atoms with Crippen LogP contribution in [-0.2, 0) is 6.42 Å². The van der Waals surface area contributed by atoms with Crippen LogP contribution in [0.25, 0.3) is 6.08 Å². The fourth-order valence-electron chi connectivity index (χ4n) is 2.17. The van der Waals surface area contributed by atoms with E-state index >= 15 is 0 Å². The van der Waals surface area contributed by atoms with Gasteiger partial charge >= 0.3 is 0 Å². The van der Waals surface area contributed by atoms with Crippen molar-refractivity contribution in [3.8, 4) is 0 Å². The zero-order valence-corrected chi connectivity index (χ0v) is 12.1. The Labute approximate surface area is 115 Å². The number of halogens is 1. The van der Waals surface area contributed by atoms with Gasteiger partial charge in [0.05, 0.1) is 0 Å². The van der Waals surface area contributed by atoms with Gasteiger partial charge in [-0.3, -0.25) is 0 Å². The highest BCUT2D eigenvalue weighted by Gasteiger charge is 2.16. The zero-order chi connectivity index (χ0) is 12.3. The molecule has 2 atom stereocenters. The number of likely N-dealkylation sites (N-methyl/N-ethyl adjacent to an activating group) is 1. The summed E-state index contributed by atoms with van der Waals surface area (Å²) in [6.45, 7) is 4.39. The third-order valence-electron chi connectivity index (χ3n) is 3.36. The van der Waals surface area contributed by atoms with E-state index in [4.69, 9.17) is 4.52 Å². The smallest absolute Gasteiger partial charge is 0.250 e. The second-order valence-electron chi connectivity index (χ2n) is 5.09. The molecule has 0 aromatic carbocycles. The topological polar surface area (TPSA) is 51.0 Å². The molecular formula is C13H22ClN3O. The maximum absolute atomic E-state index is 5.24. The predicted molar refractivity (Wildman–Crippen MR) is 74.8 cm³/mol. The van der Waals surface area contributed by atoms with Crippen molar-refractivity contribution in [2.45, 2.75) is 45.6 Å². The number of nitrogens with zero attached hydrogens (tertiary/aromatic N) is 2. The van der Waals surface area contributed by atoms with Crippen molar-refractivity contribution >= 4 is 18.5 Å². The van der Waals surface area contributed by atoms with E-state index in [1.807, 2.05) is 7.05 Å². The number of hydrogen-bond acceptors (Lipinski definition) is 4. The van der Waals surface area contributed by atoms with Gasteiger partial charge in [0, 0.05) is 18.5 Å². The second-order valence-corrected chi connectivity index (χ2v) is 5.09. The fraction of sp³-hybridized carbons (Fsp3) is 0.692. The van der Waals surface area contributed by atoms with Gasteiger partial charge in [0.25, 0.3) is 5.89 Å². The maximum atomic E-state index is 5.24. The SMILES string of the molecule is CNC(C)Cc1noc(/C=C2/CCC(C)C2)n1.Cl. The van der Waals surface area contributed by atoms with E-state index in [0.29, 0.717) is 11.9 Å². The molecular weight excluding hydrogens is 250 g/mol. The van der Waals surface area contributed by atoms with Crippen LogP contribution >= 0.6 is 12.4 Å². The molecule has 5 heteroatoms. The molecule has 2 rings (SSSR count). The first kappa shape index (κ1) is 15.2. The summed E-state index contributed by atoms with van der Waals surface area (Å²) in [4.78, 5) is 4.39. The highest BCUT2D eigenvalue weighted by Crippen LogP contribution is 2.30. The molecule has 0 saturated heterocycles. The van der Waals surface area contributed by atoms with Crippen LogP contribution in [0.4, 0.5) is 0 Å². The lowest BCUT2D eigenvalue weighted by Crippen LogP contribution is -2.24. The summed E-state index contributed by atoms with van der Waals surface area (Å²) in [5.74, 6) is 2.24. The van der Waals surface area contributed by atoms with Crippen LogP contribution in [0.2, 0.25) is 0 Å². The molecule has 4 nitrogen and oxygen atoms in total. The molecule has 2 unspecified atom stereocenters. The Hall–Kier alpha value is -0.870. The molecule has 1 aliphatic carbocycles. The molecule has 1 aromatic rings. The number of nitrogens with one attached hydrogen (secondary N) is 1. The van der Waals surface area contributed by atoms with Gasteiger partial charge in [0.1, 0.15) is 0 Å². The van der Waals surface area contributed by atoms with Gasteiger partial charge in [-0.15, -0.1) is 12.4 Å². The first-order valence-corrected chi connectivity index (χ1v) is 6.36. The van der Waals surface area contributed by atoms with Crippen LogP contribution in [0.3, 0.4) is 0 Å². The summed E-state index contributed by atoms with van der Waals surface area (Å²) in [5, 5.41) is 7.16. The van der Waals surface area contributed by atoms with E-state index in [1.54, 1.807) is 0 Å². The second kappa shape index (κ2) is 6.90. The van der Waals surface area contributed by atoms with E-state index < -0.39 is 0 Å². The van der Waals surface area contributed by atoms with Crippen LogP contribution in [0.15, 0.2) is 10.1 Å². The van der Waals surface area contributed by atoms with E-state index in [1.165, 1.54) is 24.8 Å². The van der Waals surface area contributed by atoms with E-state index in [2.05, 4.69) is 35.4 Å². The molecule has 0 amide bonds. The molecule has 0 radical (unpaired) electrons. The Morgan fingerprint density at radius 2 is 2.33 bits per heavy atom. The lowest BCUT2D eigenvalue weighted by atomic mass is 10.1. The lowest BCUT2D eigenvalue weighted by Gasteiger charge is -2.04. The molecule has 1 heterocycles. The Morgan fingerprint density at radius 1 is 1.56 bits per heavy atom. The number of rotatable bonds is 4. The Kier molecular flexibility index (Phi) is 5.82. The Morgan fingerprint density at radius 3 is 2.94 bits per heavy atom. The van der Waals surface area contributed by atoms with E-state index in [0.717, 1.165) is 18.2 Å². The fourth-order valence-corrected chi connectivity index (χ4v) is 2.17. The van der Waals surface area contributed by atoms with Crippen molar-refractivity contribution in [2.75, 3.05) is 7.05 Å². The van der Waals surface area contributed by atoms with Crippen LogP contribution in [-0.4, -0.2) is 23.2 Å². The van der Waals surface area contributed by atoms with Crippen molar-refractivity contribution in [3.05, 3.63) is 17.3 Å². The van der Waals surface area contributed by atoms with Gasteiger partial charge in [-0.05, 0) is 39.2 Å². The third-order valence-corrected chi connectivity index (χ3v) is 3.36. The third kappa shape index (κ3) is 4.10. The average molecular weight is 272 g/mol. The van der Waals surface area contributed by atoms with Gasteiger partial charge in [-0.25, -0.2) is 0 Å². The highest BCUT2D eigenvalue weighted by molar-refractivity contribution is 5.85. The summed E-state index contributed by atoms with van der Waals surface area (Å²) in [6.07, 6.45) is 6.49. The highest BCUT2D eigenvalue weighted by atomic mass is 35.5. The van der Waals surface area contributed by atoms with Crippen molar-refractivity contribution in [3.63, 3.8) is 0 Å². The minimum Gasteiger partial charge on any atom is -0.335 e. The van der Waals surface area contributed by atoms with Crippen molar-refractivity contribution in [2.24, 2.45) is 5.92 Å². The quantitative estimate of drug-likeness (QED) is 0.915. The number of aromatic nitrogens is 2. The molecule has 18 heavy (non-hydrogen) atoms. The van der Waals surface area contributed by atoms with Crippen molar-refractivity contribution in [1.29, 1.82) is 0 Å². The minimum atomic E-state index is 0. The number of hydrogen-bond donors (Lipinski definition) is 1. The molecule has 102 valence electrons. The van der Waals surface area contributed by atoms with E-state index in [9.17, 15) is 0 Å². The molecule has 1 fully saturated rings. The molecule has 1 N–H and O–H groups in total. The van der Waals surface area contributed by atoms with Gasteiger partial charge < -0.3 is 9.84 Å². The standard InChI is InChI=1S/C13H21N3O.ClH/c1-9-4-5-11(6-9)8-13-15-12(16-17-13)7-10(2)14-3;/h8-10,14H,4-7H2,1-3H3;1H/b11-8-;. The summed E-state index contributed by atoms with van der Waals surface area (Å²) >= 11 is 0. The Balaban J connectivity index is 0.00000162. The monoisotopic (exact) mass is 271 g/mol. The summed E-state index contributed by atoms with van der Waals surface area (Å²) < 4.78 is 5.24. The molecule has 1 aliphatic rings. The summed E-state index contributed by atoms with van der Waals surface area (Å²) in [7, 11) is 1.94. The molecule has 0 spiro atoms. The first-order valence-electron chi connectivity index (χ1n) is 6.36. The predicted octanol–water partition coefficient (Wildman–Crippen LogP) is 2.85. The average Bonchev–Trinajstić information content (AvgIpc) is 2.89. The van der Waals surface area contributed by atoms with Gasteiger partial charge in [0.2, 0.25) is 0 Å². The van der Waals surface area contributed by atoms with Crippen LogP contribution in [0.1, 0.15) is 44.8 Å². The van der Waals surface area contributed by atoms with Gasteiger partial charge in [-0.1, -0.05) is 17.7 Å². The van der Waals surface area contributed by atoms with Gasteiger partial charge in [0.15, 0.2) is 5.82 Å². The molecule has 0 bridgehead atoms. The van der Waals surface area contributed by atoms with Crippen molar-refractivity contribution < 1.29 is 4.52 Å². The van der Waals surface area contributed by atoms with Crippen LogP contribution in [0.5, 0.6) is 0 Å². The van der Waals surface area contributed by atoms with E-state index in [-0.39, 0.29) is 12.4 Å². The largest absolute Gasteiger partial charge is 0.335 e.